The zero-order valence-corrected chi connectivity index (χ0v) is 9.86. The Hall–Kier alpha value is -1.57. The van der Waals surface area contributed by atoms with Crippen molar-refractivity contribution in [2.75, 3.05) is 20.4 Å². The molecule has 0 aromatic carbocycles. The van der Waals surface area contributed by atoms with Crippen LogP contribution in [0.5, 0.6) is 0 Å². The van der Waals surface area contributed by atoms with Gasteiger partial charge in [-0.1, -0.05) is 0 Å². The maximum absolute atomic E-state index is 13.2. The van der Waals surface area contributed by atoms with Crippen LogP contribution in [0.4, 0.5) is 10.2 Å². The third-order valence-electron chi connectivity index (χ3n) is 1.45. The summed E-state index contributed by atoms with van der Waals surface area (Å²) in [5.74, 6) is -1.07. The topological polar surface area (TPSA) is 75.5 Å². The van der Waals surface area contributed by atoms with E-state index in [0.29, 0.717) is 0 Å². The highest BCUT2D eigenvalue weighted by atomic mass is 32.2. The Morgan fingerprint density at radius 3 is 2.62 bits per heavy atom. The molecule has 1 aromatic heterocycles. The molecule has 0 bridgehead atoms. The van der Waals surface area contributed by atoms with E-state index in [2.05, 4.69) is 15.0 Å². The van der Waals surface area contributed by atoms with Gasteiger partial charge in [0.05, 0.1) is 12.5 Å². The second-order valence-electron chi connectivity index (χ2n) is 3.30. The second-order valence-corrected chi connectivity index (χ2v) is 5.21. The smallest absolute Gasteiger partial charge is 0.248 e. The highest BCUT2D eigenvalue weighted by molar-refractivity contribution is 7.90. The van der Waals surface area contributed by atoms with Crippen molar-refractivity contribution < 1.29 is 12.8 Å². The number of aliphatic imine (C=N–C) groups is 1. The molecule has 0 aliphatic rings. The Morgan fingerprint density at radius 2 is 2.12 bits per heavy atom. The largest absolute Gasteiger partial charge is 0.369 e. The SMILES string of the molecule is CN(C)C=Nc1nc(S(C)(=O)=O)ncc1F. The summed E-state index contributed by atoms with van der Waals surface area (Å²) in [5, 5.41) is -0.445. The molecule has 6 nitrogen and oxygen atoms in total. The molecule has 1 rings (SSSR count). The number of hydrogen-bond donors (Lipinski definition) is 0. The Bertz CT molecular complexity index is 513. The fourth-order valence-electron chi connectivity index (χ4n) is 0.782. The van der Waals surface area contributed by atoms with E-state index in [1.165, 1.54) is 6.34 Å². The van der Waals surface area contributed by atoms with E-state index in [1.807, 2.05) is 0 Å². The van der Waals surface area contributed by atoms with Gasteiger partial charge in [-0.3, -0.25) is 0 Å². The van der Waals surface area contributed by atoms with Crippen molar-refractivity contribution in [3.8, 4) is 0 Å². The molecule has 1 aromatic rings. The Labute approximate surface area is 92.8 Å². The fraction of sp³-hybridized carbons (Fsp3) is 0.375. The van der Waals surface area contributed by atoms with Gasteiger partial charge in [-0.15, -0.1) is 0 Å². The molecule has 16 heavy (non-hydrogen) atoms. The Kier molecular flexibility index (Phi) is 3.53. The minimum Gasteiger partial charge on any atom is -0.369 e. The summed E-state index contributed by atoms with van der Waals surface area (Å²) in [4.78, 5) is 12.2. The average Bonchev–Trinajstić information content (AvgIpc) is 2.14. The van der Waals surface area contributed by atoms with Gasteiger partial charge in [-0.25, -0.2) is 22.8 Å². The molecule has 0 radical (unpaired) electrons. The Balaban J connectivity index is 3.20. The third-order valence-corrected chi connectivity index (χ3v) is 2.31. The molecular formula is C8H11FN4O2S. The van der Waals surface area contributed by atoms with Crippen molar-refractivity contribution in [1.82, 2.24) is 14.9 Å². The first-order chi connectivity index (χ1) is 7.30. The van der Waals surface area contributed by atoms with Gasteiger partial charge in [0, 0.05) is 20.4 Å². The zero-order chi connectivity index (χ0) is 12.3. The van der Waals surface area contributed by atoms with Crippen molar-refractivity contribution in [2.45, 2.75) is 5.16 Å². The molecule has 88 valence electrons. The lowest BCUT2D eigenvalue weighted by Crippen LogP contribution is -2.08. The molecule has 0 fully saturated rings. The lowest BCUT2D eigenvalue weighted by atomic mass is 10.6. The fourth-order valence-corrected chi connectivity index (χ4v) is 1.28. The molecule has 0 aliphatic heterocycles. The summed E-state index contributed by atoms with van der Waals surface area (Å²) in [6.07, 6.45) is 3.04. The second kappa shape index (κ2) is 4.52. The molecule has 0 saturated heterocycles. The van der Waals surface area contributed by atoms with Gasteiger partial charge >= 0.3 is 0 Å². The molecule has 0 amide bonds. The molecule has 0 spiro atoms. The molecule has 1 heterocycles. The number of nitrogens with zero attached hydrogens (tertiary/aromatic N) is 4. The number of aromatic nitrogens is 2. The summed E-state index contributed by atoms with van der Waals surface area (Å²) in [7, 11) is -0.168. The van der Waals surface area contributed by atoms with Crippen molar-refractivity contribution in [3.05, 3.63) is 12.0 Å². The van der Waals surface area contributed by atoms with Crippen LogP contribution in [-0.4, -0.2) is 50.0 Å². The van der Waals surface area contributed by atoms with E-state index in [0.717, 1.165) is 12.5 Å². The van der Waals surface area contributed by atoms with Gasteiger partial charge in [0.15, 0.2) is 11.6 Å². The number of rotatable bonds is 3. The first kappa shape index (κ1) is 12.5. The van der Waals surface area contributed by atoms with Crippen molar-refractivity contribution in [2.24, 2.45) is 4.99 Å². The van der Waals surface area contributed by atoms with Crippen LogP contribution in [0.15, 0.2) is 16.3 Å². The monoisotopic (exact) mass is 246 g/mol. The average molecular weight is 246 g/mol. The van der Waals surface area contributed by atoms with Crippen LogP contribution >= 0.6 is 0 Å². The van der Waals surface area contributed by atoms with Gasteiger partial charge in [-0.05, 0) is 0 Å². The summed E-state index contributed by atoms with van der Waals surface area (Å²) < 4.78 is 35.4. The Morgan fingerprint density at radius 1 is 1.50 bits per heavy atom. The number of halogens is 1. The van der Waals surface area contributed by atoms with Crippen LogP contribution in [0.25, 0.3) is 0 Å². The number of sulfone groups is 1. The van der Waals surface area contributed by atoms with Gasteiger partial charge in [0.25, 0.3) is 0 Å². The first-order valence-corrected chi connectivity index (χ1v) is 6.13. The molecule has 0 atom stereocenters. The van der Waals surface area contributed by atoms with Crippen LogP contribution in [0.3, 0.4) is 0 Å². The normalized spacial score (nSPS) is 12.0. The van der Waals surface area contributed by atoms with E-state index >= 15 is 0 Å². The summed E-state index contributed by atoms with van der Waals surface area (Å²) in [6, 6.07) is 0. The van der Waals surface area contributed by atoms with Crippen LogP contribution in [0.1, 0.15) is 0 Å². The van der Waals surface area contributed by atoms with E-state index in [9.17, 15) is 12.8 Å². The lowest BCUT2D eigenvalue weighted by Gasteiger charge is -2.03. The molecular weight excluding hydrogens is 235 g/mol. The van der Waals surface area contributed by atoms with E-state index in [4.69, 9.17) is 0 Å². The molecule has 0 saturated carbocycles. The maximum Gasteiger partial charge on any atom is 0.248 e. The maximum atomic E-state index is 13.2. The van der Waals surface area contributed by atoms with Gasteiger partial charge in [0.2, 0.25) is 15.0 Å². The molecule has 0 unspecified atom stereocenters. The van der Waals surface area contributed by atoms with Crippen molar-refractivity contribution in [1.29, 1.82) is 0 Å². The zero-order valence-electron chi connectivity index (χ0n) is 9.05. The molecule has 0 N–H and O–H groups in total. The van der Waals surface area contributed by atoms with Crippen molar-refractivity contribution in [3.63, 3.8) is 0 Å². The highest BCUT2D eigenvalue weighted by Gasteiger charge is 2.14. The van der Waals surface area contributed by atoms with E-state index in [-0.39, 0.29) is 5.82 Å². The minimum absolute atomic E-state index is 0.302. The molecule has 8 heteroatoms. The predicted octanol–water partition coefficient (Wildman–Crippen LogP) is 0.241. The van der Waals surface area contributed by atoms with E-state index < -0.39 is 20.8 Å². The number of hydrogen-bond acceptors (Lipinski definition) is 5. The highest BCUT2D eigenvalue weighted by Crippen LogP contribution is 2.14. The standard InChI is InChI=1S/C8H11FN4O2S/c1-13(2)5-11-7-6(9)4-10-8(12-7)16(3,14)15/h4-5H,1-3H3. The summed E-state index contributed by atoms with van der Waals surface area (Å²) in [6.45, 7) is 0. The predicted molar refractivity (Wildman–Crippen MR) is 56.9 cm³/mol. The first-order valence-electron chi connectivity index (χ1n) is 4.24. The van der Waals surface area contributed by atoms with E-state index in [1.54, 1.807) is 19.0 Å². The van der Waals surface area contributed by atoms with Crippen LogP contribution in [-0.2, 0) is 9.84 Å². The summed E-state index contributed by atoms with van der Waals surface area (Å²) >= 11 is 0. The minimum atomic E-state index is -3.56. The van der Waals surface area contributed by atoms with Crippen molar-refractivity contribution >= 4 is 22.0 Å². The molecule has 0 aliphatic carbocycles. The van der Waals surface area contributed by atoms with Gasteiger partial charge in [-0.2, -0.15) is 4.98 Å². The lowest BCUT2D eigenvalue weighted by molar-refractivity contribution is 0.581. The van der Waals surface area contributed by atoms with Gasteiger partial charge < -0.3 is 4.90 Å². The summed E-state index contributed by atoms with van der Waals surface area (Å²) in [5.41, 5.74) is 0. The van der Waals surface area contributed by atoms with Crippen LogP contribution < -0.4 is 0 Å². The van der Waals surface area contributed by atoms with Gasteiger partial charge in [0.1, 0.15) is 0 Å². The third kappa shape index (κ3) is 3.23. The quantitative estimate of drug-likeness (QED) is 0.434. The van der Waals surface area contributed by atoms with Crippen LogP contribution in [0, 0.1) is 5.82 Å². The van der Waals surface area contributed by atoms with Crippen LogP contribution in [0.2, 0.25) is 0 Å².